The Labute approximate surface area is 158 Å². The monoisotopic (exact) mass is 380 g/mol. The van der Waals surface area contributed by atoms with Crippen molar-refractivity contribution in [3.05, 3.63) is 51.8 Å². The van der Waals surface area contributed by atoms with Crippen LogP contribution in [-0.4, -0.2) is 33.6 Å². The fourth-order valence-corrected chi connectivity index (χ4v) is 3.79. The lowest BCUT2D eigenvalue weighted by Crippen LogP contribution is -2.37. The third-order valence-corrected chi connectivity index (χ3v) is 5.30. The van der Waals surface area contributed by atoms with Gasteiger partial charge in [-0.25, -0.2) is 0 Å². The molecule has 0 spiro atoms. The van der Waals surface area contributed by atoms with Crippen molar-refractivity contribution in [3.63, 3.8) is 0 Å². The number of nitrogens with zero attached hydrogens (tertiary/aromatic N) is 2. The molecule has 5 nitrogen and oxygen atoms in total. The van der Waals surface area contributed by atoms with Crippen LogP contribution < -0.4 is 5.32 Å². The zero-order chi connectivity index (χ0) is 16.7. The number of rotatable bonds is 4. The molecule has 0 saturated heterocycles. The SMILES string of the molecule is CC(c1ccccc1Cl)N(C(=O)c1n[nH]c2c1CNCC2)C1CC1.Cl. The quantitative estimate of drug-likeness (QED) is 0.852. The number of benzene rings is 1. The minimum Gasteiger partial charge on any atom is -0.327 e. The number of carbonyl (C=O) groups is 1. The molecule has 4 rings (SSSR count). The summed E-state index contributed by atoms with van der Waals surface area (Å²) in [5.41, 5.74) is 3.64. The third-order valence-electron chi connectivity index (χ3n) is 4.96. The van der Waals surface area contributed by atoms with E-state index in [0.29, 0.717) is 17.3 Å². The predicted molar refractivity (Wildman–Crippen MR) is 100 cm³/mol. The summed E-state index contributed by atoms with van der Waals surface area (Å²) in [6.07, 6.45) is 2.98. The van der Waals surface area contributed by atoms with Gasteiger partial charge in [-0.2, -0.15) is 5.10 Å². The minimum absolute atomic E-state index is 0. The number of fused-ring (bicyclic) bond motifs is 1. The first-order valence-corrected chi connectivity index (χ1v) is 8.88. The van der Waals surface area contributed by atoms with Crippen LogP contribution in [0.2, 0.25) is 5.02 Å². The molecule has 1 aromatic carbocycles. The van der Waals surface area contributed by atoms with Crippen molar-refractivity contribution < 1.29 is 4.79 Å². The Hall–Kier alpha value is -1.56. The number of carbonyl (C=O) groups excluding carboxylic acids is 1. The highest BCUT2D eigenvalue weighted by Crippen LogP contribution is 2.38. The van der Waals surface area contributed by atoms with Crippen LogP contribution in [0.15, 0.2) is 24.3 Å². The molecule has 2 aromatic rings. The Morgan fingerprint density at radius 2 is 2.12 bits per heavy atom. The molecule has 1 aromatic heterocycles. The Morgan fingerprint density at radius 1 is 1.36 bits per heavy atom. The van der Waals surface area contributed by atoms with E-state index in [1.54, 1.807) is 0 Å². The lowest BCUT2D eigenvalue weighted by molar-refractivity contribution is 0.0666. The van der Waals surface area contributed by atoms with Gasteiger partial charge in [-0.05, 0) is 31.4 Å². The van der Waals surface area contributed by atoms with Gasteiger partial charge in [0, 0.05) is 41.8 Å². The molecule has 1 aliphatic heterocycles. The van der Waals surface area contributed by atoms with Crippen LogP contribution in [0.25, 0.3) is 0 Å². The van der Waals surface area contributed by atoms with Crippen molar-refractivity contribution in [2.24, 2.45) is 0 Å². The van der Waals surface area contributed by atoms with Crippen molar-refractivity contribution in [1.82, 2.24) is 20.4 Å². The summed E-state index contributed by atoms with van der Waals surface area (Å²) in [5, 5.41) is 11.4. The van der Waals surface area contributed by atoms with Crippen LogP contribution in [0, 0.1) is 0 Å². The van der Waals surface area contributed by atoms with Gasteiger partial charge in [0.05, 0.1) is 6.04 Å². The second-order valence-corrected chi connectivity index (χ2v) is 7.00. The zero-order valence-electron chi connectivity index (χ0n) is 14.1. The van der Waals surface area contributed by atoms with Crippen molar-refractivity contribution in [2.75, 3.05) is 6.54 Å². The van der Waals surface area contributed by atoms with Crippen molar-refractivity contribution in [2.45, 2.75) is 44.8 Å². The van der Waals surface area contributed by atoms with E-state index >= 15 is 0 Å². The van der Waals surface area contributed by atoms with Crippen LogP contribution in [0.1, 0.15) is 53.1 Å². The number of amides is 1. The molecule has 134 valence electrons. The maximum Gasteiger partial charge on any atom is 0.275 e. The Bertz CT molecular complexity index is 772. The summed E-state index contributed by atoms with van der Waals surface area (Å²) in [6, 6.07) is 7.97. The van der Waals surface area contributed by atoms with Crippen molar-refractivity contribution in [1.29, 1.82) is 0 Å². The van der Waals surface area contributed by atoms with Gasteiger partial charge in [0.2, 0.25) is 0 Å². The van der Waals surface area contributed by atoms with E-state index in [9.17, 15) is 4.79 Å². The summed E-state index contributed by atoms with van der Waals surface area (Å²) in [6.45, 7) is 3.67. The minimum atomic E-state index is -0.0670. The van der Waals surface area contributed by atoms with E-state index < -0.39 is 0 Å². The predicted octanol–water partition coefficient (Wildman–Crippen LogP) is 3.50. The van der Waals surface area contributed by atoms with Gasteiger partial charge in [-0.1, -0.05) is 29.8 Å². The number of hydrogen-bond acceptors (Lipinski definition) is 3. The first kappa shape index (κ1) is 18.2. The Balaban J connectivity index is 0.00000182. The molecule has 1 saturated carbocycles. The van der Waals surface area contributed by atoms with Gasteiger partial charge in [0.25, 0.3) is 5.91 Å². The molecular formula is C18H22Cl2N4O. The van der Waals surface area contributed by atoms with E-state index in [2.05, 4.69) is 22.4 Å². The molecule has 2 heterocycles. The molecule has 0 bridgehead atoms. The smallest absolute Gasteiger partial charge is 0.275 e. The molecule has 1 amide bonds. The molecule has 1 unspecified atom stereocenters. The van der Waals surface area contributed by atoms with Gasteiger partial charge < -0.3 is 10.2 Å². The summed E-state index contributed by atoms with van der Waals surface area (Å²) < 4.78 is 0. The lowest BCUT2D eigenvalue weighted by Gasteiger charge is -2.30. The third kappa shape index (κ3) is 3.41. The summed E-state index contributed by atoms with van der Waals surface area (Å²) in [7, 11) is 0. The normalized spacial score (nSPS) is 17.4. The number of H-pyrrole nitrogens is 1. The van der Waals surface area contributed by atoms with Crippen LogP contribution in [-0.2, 0) is 13.0 Å². The molecule has 2 N–H and O–H groups in total. The van der Waals surface area contributed by atoms with Gasteiger partial charge in [-0.3, -0.25) is 9.89 Å². The van der Waals surface area contributed by atoms with Crippen molar-refractivity contribution >= 4 is 29.9 Å². The maximum atomic E-state index is 13.3. The van der Waals surface area contributed by atoms with Gasteiger partial charge >= 0.3 is 0 Å². The van der Waals surface area contributed by atoms with Crippen LogP contribution in [0.4, 0.5) is 0 Å². The van der Waals surface area contributed by atoms with E-state index in [4.69, 9.17) is 11.6 Å². The average molecular weight is 381 g/mol. The second-order valence-electron chi connectivity index (χ2n) is 6.60. The largest absolute Gasteiger partial charge is 0.327 e. The summed E-state index contributed by atoms with van der Waals surface area (Å²) in [5.74, 6) is 0.00567. The standard InChI is InChI=1S/C18H21ClN4O.ClH/c1-11(13-4-2-3-5-15(13)19)23(12-6-7-12)18(24)17-14-10-20-9-8-16(14)21-22-17;/h2-5,11-12,20H,6-10H2,1H3,(H,21,22);1H. The number of halogens is 2. The number of hydrogen-bond donors (Lipinski definition) is 2. The van der Waals surface area contributed by atoms with Gasteiger partial charge in [0.15, 0.2) is 5.69 Å². The van der Waals surface area contributed by atoms with E-state index in [0.717, 1.165) is 42.6 Å². The second kappa shape index (κ2) is 7.36. The van der Waals surface area contributed by atoms with Gasteiger partial charge in [0.1, 0.15) is 0 Å². The molecule has 7 heteroatoms. The highest BCUT2D eigenvalue weighted by Gasteiger charge is 2.39. The van der Waals surface area contributed by atoms with Crippen LogP contribution in [0.5, 0.6) is 0 Å². The average Bonchev–Trinajstić information content (AvgIpc) is 3.33. The number of nitrogens with one attached hydrogen (secondary N) is 2. The summed E-state index contributed by atoms with van der Waals surface area (Å²) >= 11 is 6.36. The van der Waals surface area contributed by atoms with Crippen LogP contribution >= 0.6 is 24.0 Å². The molecule has 1 fully saturated rings. The molecule has 25 heavy (non-hydrogen) atoms. The zero-order valence-corrected chi connectivity index (χ0v) is 15.7. The first-order chi connectivity index (χ1) is 11.7. The highest BCUT2D eigenvalue weighted by atomic mass is 35.5. The number of aromatic nitrogens is 2. The molecule has 0 radical (unpaired) electrons. The molecule has 1 atom stereocenters. The molecule has 1 aliphatic carbocycles. The fourth-order valence-electron chi connectivity index (χ4n) is 3.50. The lowest BCUT2D eigenvalue weighted by atomic mass is 10.0. The Morgan fingerprint density at radius 3 is 2.84 bits per heavy atom. The first-order valence-electron chi connectivity index (χ1n) is 8.50. The van der Waals surface area contributed by atoms with E-state index in [-0.39, 0.29) is 30.4 Å². The highest BCUT2D eigenvalue weighted by molar-refractivity contribution is 6.31. The Kier molecular flexibility index (Phi) is 5.37. The van der Waals surface area contributed by atoms with Crippen LogP contribution in [0.3, 0.4) is 0 Å². The molecular weight excluding hydrogens is 359 g/mol. The van der Waals surface area contributed by atoms with Gasteiger partial charge in [-0.15, -0.1) is 12.4 Å². The van der Waals surface area contributed by atoms with E-state index in [1.807, 2.05) is 29.2 Å². The maximum absolute atomic E-state index is 13.3. The summed E-state index contributed by atoms with van der Waals surface area (Å²) in [4.78, 5) is 15.2. The topological polar surface area (TPSA) is 61.0 Å². The van der Waals surface area contributed by atoms with Crippen molar-refractivity contribution in [3.8, 4) is 0 Å². The number of aromatic amines is 1. The fraction of sp³-hybridized carbons (Fsp3) is 0.444. The molecule has 2 aliphatic rings. The van der Waals surface area contributed by atoms with E-state index in [1.165, 1.54) is 0 Å².